The first-order valence-corrected chi connectivity index (χ1v) is 3.29. The van der Waals surface area contributed by atoms with Gasteiger partial charge in [-0.25, -0.2) is 9.78 Å². The van der Waals surface area contributed by atoms with Gasteiger partial charge < -0.3 is 14.9 Å². The summed E-state index contributed by atoms with van der Waals surface area (Å²) in [6, 6.07) is 0. The van der Waals surface area contributed by atoms with Crippen LogP contribution in [0.1, 0.15) is 0 Å². The second-order valence-electron chi connectivity index (χ2n) is 2.43. The lowest BCUT2D eigenvalue weighted by Gasteiger charge is -2.33. The maximum atomic E-state index is 9.19. The minimum Gasteiger partial charge on any atom is -0.387 e. The first-order valence-electron chi connectivity index (χ1n) is 3.29. The molecule has 7 heteroatoms. The van der Waals surface area contributed by atoms with Crippen LogP contribution < -0.4 is 0 Å². The molecule has 0 spiro atoms. The summed E-state index contributed by atoms with van der Waals surface area (Å²) >= 11 is 0. The van der Waals surface area contributed by atoms with Crippen LogP contribution in [0.15, 0.2) is 0 Å². The quantitative estimate of drug-likeness (QED) is 0.301. The average molecular weight is 182 g/mol. The molecule has 1 aliphatic heterocycles. The fourth-order valence-electron chi connectivity index (χ4n) is 0.974. The van der Waals surface area contributed by atoms with E-state index >= 15 is 0 Å². The zero-order valence-electron chi connectivity index (χ0n) is 6.03. The molecule has 4 atom stereocenters. The molecule has 4 N–H and O–H groups in total. The maximum absolute atomic E-state index is 9.19. The first kappa shape index (κ1) is 9.81. The summed E-state index contributed by atoms with van der Waals surface area (Å²) in [7, 11) is 0. The van der Waals surface area contributed by atoms with Crippen LogP contribution in [-0.4, -0.2) is 51.9 Å². The maximum Gasteiger partial charge on any atom is 0.187 e. The molecule has 0 unspecified atom stereocenters. The van der Waals surface area contributed by atoms with Gasteiger partial charge in [-0.2, -0.15) is 0 Å². The van der Waals surface area contributed by atoms with Crippen LogP contribution in [0.2, 0.25) is 0 Å². The molecule has 7 nitrogen and oxygen atoms in total. The molecule has 0 bridgehead atoms. The summed E-state index contributed by atoms with van der Waals surface area (Å²) in [6.07, 6.45) is -5.15. The van der Waals surface area contributed by atoms with Crippen molar-refractivity contribution in [1.29, 1.82) is 0 Å². The number of hydrogen-bond donors (Lipinski definition) is 4. The van der Waals surface area contributed by atoms with Crippen molar-refractivity contribution in [2.45, 2.75) is 24.6 Å². The van der Waals surface area contributed by atoms with Crippen molar-refractivity contribution in [2.24, 2.45) is 0 Å². The van der Waals surface area contributed by atoms with Gasteiger partial charge in [0.15, 0.2) is 12.4 Å². The number of rotatable bonds is 2. The lowest BCUT2D eigenvalue weighted by atomic mass is 10.1. The van der Waals surface area contributed by atoms with Crippen molar-refractivity contribution in [3.8, 4) is 0 Å². The van der Waals surface area contributed by atoms with Crippen LogP contribution in [0.3, 0.4) is 0 Å². The topological polar surface area (TPSA) is 109 Å². The predicted molar refractivity (Wildman–Crippen MR) is 33.0 cm³/mol. The molecular formula is C5H10O7. The van der Waals surface area contributed by atoms with Crippen molar-refractivity contribution >= 4 is 0 Å². The third-order valence-corrected chi connectivity index (χ3v) is 1.69. The summed E-state index contributed by atoms with van der Waals surface area (Å²) in [5, 5.41) is 34.5. The Hall–Kier alpha value is -0.280. The van der Waals surface area contributed by atoms with Crippen LogP contribution >= 0.6 is 0 Å². The van der Waals surface area contributed by atoms with Crippen molar-refractivity contribution in [3.05, 3.63) is 0 Å². The zero-order valence-corrected chi connectivity index (χ0v) is 6.03. The Kier molecular flexibility index (Phi) is 3.35. The highest BCUT2D eigenvalue weighted by Crippen LogP contribution is 2.17. The van der Waals surface area contributed by atoms with Gasteiger partial charge in [-0.1, -0.05) is 0 Å². The van der Waals surface area contributed by atoms with Gasteiger partial charge in [-0.05, 0) is 0 Å². The fourth-order valence-corrected chi connectivity index (χ4v) is 0.974. The standard InChI is InChI=1S/C5H10O7/c6-3-2(11-8)1-10-5(7)4(3)12-9/h2-9H,1H2/t2-,3+,4-,5-/m1/s1. The van der Waals surface area contributed by atoms with Gasteiger partial charge in [-0.15, -0.1) is 0 Å². The van der Waals surface area contributed by atoms with Crippen molar-refractivity contribution in [3.63, 3.8) is 0 Å². The number of aliphatic hydroxyl groups excluding tert-OH is 2. The Labute approximate surface area is 67.6 Å². The Balaban J connectivity index is 2.56. The van der Waals surface area contributed by atoms with Crippen molar-refractivity contribution < 1.29 is 35.2 Å². The predicted octanol–water partition coefficient (Wildman–Crippen LogP) is -1.59. The zero-order chi connectivity index (χ0) is 9.14. The van der Waals surface area contributed by atoms with E-state index < -0.39 is 24.6 Å². The molecule has 0 aromatic rings. The molecule has 0 amide bonds. The molecule has 1 saturated heterocycles. The molecule has 0 aliphatic carbocycles. The van der Waals surface area contributed by atoms with E-state index in [1.807, 2.05) is 0 Å². The van der Waals surface area contributed by atoms with Gasteiger partial charge in [0.1, 0.15) is 12.2 Å². The summed E-state index contributed by atoms with van der Waals surface area (Å²) in [5.41, 5.74) is 0. The van der Waals surface area contributed by atoms with E-state index in [1.165, 1.54) is 0 Å². The van der Waals surface area contributed by atoms with Gasteiger partial charge in [0.05, 0.1) is 6.61 Å². The largest absolute Gasteiger partial charge is 0.387 e. The SMILES string of the molecule is OO[C@@H]1[C@@H](O)[C@H](OO)CO[C@H]1O. The molecule has 1 heterocycles. The van der Waals surface area contributed by atoms with Gasteiger partial charge in [-0.3, -0.25) is 10.5 Å². The van der Waals surface area contributed by atoms with E-state index in [-0.39, 0.29) is 6.61 Å². The Morgan fingerprint density at radius 3 is 2.33 bits per heavy atom. The second kappa shape index (κ2) is 4.10. The highest BCUT2D eigenvalue weighted by atomic mass is 17.1. The van der Waals surface area contributed by atoms with Crippen LogP contribution in [0.4, 0.5) is 0 Å². The van der Waals surface area contributed by atoms with E-state index in [0.717, 1.165) is 0 Å². The molecular weight excluding hydrogens is 172 g/mol. The third kappa shape index (κ3) is 1.72. The van der Waals surface area contributed by atoms with E-state index in [2.05, 4.69) is 14.5 Å². The van der Waals surface area contributed by atoms with Gasteiger partial charge in [0, 0.05) is 0 Å². The van der Waals surface area contributed by atoms with Crippen LogP contribution in [0, 0.1) is 0 Å². The Morgan fingerprint density at radius 2 is 1.83 bits per heavy atom. The van der Waals surface area contributed by atoms with E-state index in [4.69, 9.17) is 15.6 Å². The highest BCUT2D eigenvalue weighted by Gasteiger charge is 2.41. The third-order valence-electron chi connectivity index (χ3n) is 1.69. The summed E-state index contributed by atoms with van der Waals surface area (Å²) < 4.78 is 4.58. The molecule has 72 valence electrons. The summed E-state index contributed by atoms with van der Waals surface area (Å²) in [4.78, 5) is 7.54. The number of hydrogen-bond acceptors (Lipinski definition) is 7. The molecule has 1 rings (SSSR count). The smallest absolute Gasteiger partial charge is 0.187 e. The van der Waals surface area contributed by atoms with E-state index in [0.29, 0.717) is 0 Å². The summed E-state index contributed by atoms with van der Waals surface area (Å²) in [6.45, 7) is -0.182. The highest BCUT2D eigenvalue weighted by molar-refractivity contribution is 4.82. The number of ether oxygens (including phenoxy) is 1. The van der Waals surface area contributed by atoms with Crippen molar-refractivity contribution in [1.82, 2.24) is 0 Å². The molecule has 12 heavy (non-hydrogen) atoms. The Morgan fingerprint density at radius 1 is 1.17 bits per heavy atom. The molecule has 0 aromatic carbocycles. The minimum absolute atomic E-state index is 0.182. The van der Waals surface area contributed by atoms with Gasteiger partial charge in [0.25, 0.3) is 0 Å². The fraction of sp³-hybridized carbons (Fsp3) is 1.00. The molecule has 1 aliphatic rings. The van der Waals surface area contributed by atoms with E-state index in [1.54, 1.807) is 0 Å². The van der Waals surface area contributed by atoms with E-state index in [9.17, 15) is 5.11 Å². The number of aliphatic hydroxyl groups is 2. The lowest BCUT2D eigenvalue weighted by Crippen LogP contribution is -2.54. The average Bonchev–Trinajstić information content (AvgIpc) is 2.06. The van der Waals surface area contributed by atoms with Gasteiger partial charge in [0.2, 0.25) is 0 Å². The van der Waals surface area contributed by atoms with Crippen LogP contribution in [0.5, 0.6) is 0 Å². The summed E-state index contributed by atoms with van der Waals surface area (Å²) in [5.74, 6) is 0. The molecule has 1 fully saturated rings. The molecule has 0 radical (unpaired) electrons. The van der Waals surface area contributed by atoms with Crippen LogP contribution in [0.25, 0.3) is 0 Å². The minimum atomic E-state index is -1.43. The molecule has 0 saturated carbocycles. The Bertz CT molecular complexity index is 140. The van der Waals surface area contributed by atoms with Crippen LogP contribution in [-0.2, 0) is 14.5 Å². The van der Waals surface area contributed by atoms with Crippen molar-refractivity contribution in [2.75, 3.05) is 6.61 Å². The lowest BCUT2D eigenvalue weighted by molar-refractivity contribution is -0.399. The molecule has 0 aromatic heterocycles. The first-order chi connectivity index (χ1) is 5.70. The normalized spacial score (nSPS) is 43.0. The monoisotopic (exact) mass is 182 g/mol. The van der Waals surface area contributed by atoms with Gasteiger partial charge >= 0.3 is 0 Å². The second-order valence-corrected chi connectivity index (χ2v) is 2.43.